The van der Waals surface area contributed by atoms with E-state index < -0.39 is 0 Å². The lowest BCUT2D eigenvalue weighted by Crippen LogP contribution is -2.30. The molecule has 2 aromatic heterocycles. The van der Waals surface area contributed by atoms with Gasteiger partial charge in [0, 0.05) is 24.7 Å². The number of hydrogen-bond donors (Lipinski definition) is 1. The third kappa shape index (κ3) is 2.29. The van der Waals surface area contributed by atoms with Crippen LogP contribution in [0.2, 0.25) is 5.15 Å². The second kappa shape index (κ2) is 5.63. The number of amides is 1. The first-order valence-electron chi connectivity index (χ1n) is 7.99. The molecule has 6 nitrogen and oxygen atoms in total. The number of aromatic amines is 1. The Morgan fingerprint density at radius 1 is 1.42 bits per heavy atom. The maximum atomic E-state index is 13.0. The second-order valence-corrected chi connectivity index (χ2v) is 6.56. The van der Waals surface area contributed by atoms with Crippen LogP contribution in [0, 0.1) is 6.92 Å². The molecule has 1 fully saturated rings. The Bertz CT molecular complexity index is 928. The number of aryl methyl sites for hydroxylation is 2. The van der Waals surface area contributed by atoms with Gasteiger partial charge in [0.2, 0.25) is 0 Å². The number of hydrogen-bond acceptors (Lipinski definition) is 3. The van der Waals surface area contributed by atoms with Crippen molar-refractivity contribution in [1.29, 1.82) is 0 Å². The van der Waals surface area contributed by atoms with Crippen LogP contribution in [0.15, 0.2) is 24.5 Å². The average molecular weight is 344 g/mol. The van der Waals surface area contributed by atoms with E-state index in [0.717, 1.165) is 41.7 Å². The number of H-pyrrole nitrogens is 1. The van der Waals surface area contributed by atoms with Gasteiger partial charge in [-0.1, -0.05) is 11.6 Å². The van der Waals surface area contributed by atoms with Crippen LogP contribution in [0.1, 0.15) is 40.5 Å². The molecule has 1 amide bonds. The van der Waals surface area contributed by atoms with Crippen molar-refractivity contribution >= 4 is 28.5 Å². The number of carbonyl (C=O) groups is 1. The van der Waals surface area contributed by atoms with Crippen molar-refractivity contribution in [1.82, 2.24) is 24.6 Å². The molecule has 0 radical (unpaired) electrons. The van der Waals surface area contributed by atoms with Crippen LogP contribution in [0.25, 0.3) is 11.0 Å². The molecule has 1 atom stereocenters. The Kier molecular flexibility index (Phi) is 3.57. The van der Waals surface area contributed by atoms with Gasteiger partial charge in [-0.2, -0.15) is 5.10 Å². The van der Waals surface area contributed by atoms with Gasteiger partial charge in [0.05, 0.1) is 29.1 Å². The van der Waals surface area contributed by atoms with E-state index >= 15 is 0 Å². The molecule has 0 unspecified atom stereocenters. The van der Waals surface area contributed by atoms with E-state index in [1.807, 2.05) is 37.1 Å². The molecule has 1 saturated heterocycles. The summed E-state index contributed by atoms with van der Waals surface area (Å²) in [6.07, 6.45) is 3.51. The summed E-state index contributed by atoms with van der Waals surface area (Å²) < 4.78 is 1.67. The molecule has 1 aliphatic heterocycles. The maximum Gasteiger partial charge on any atom is 0.254 e. The van der Waals surface area contributed by atoms with Gasteiger partial charge < -0.3 is 9.88 Å². The first-order chi connectivity index (χ1) is 11.6. The molecule has 7 heteroatoms. The van der Waals surface area contributed by atoms with Gasteiger partial charge in [0.25, 0.3) is 5.91 Å². The summed E-state index contributed by atoms with van der Waals surface area (Å²) >= 11 is 6.42. The van der Waals surface area contributed by atoms with E-state index in [4.69, 9.17) is 11.6 Å². The van der Waals surface area contributed by atoms with Gasteiger partial charge in [-0.05, 0) is 38.0 Å². The molecule has 0 spiro atoms. The fraction of sp³-hybridized carbons (Fsp3) is 0.353. The number of likely N-dealkylation sites (tertiary alicyclic amines) is 1. The van der Waals surface area contributed by atoms with E-state index in [-0.39, 0.29) is 11.9 Å². The molecule has 1 aliphatic rings. The Morgan fingerprint density at radius 3 is 3.00 bits per heavy atom. The summed E-state index contributed by atoms with van der Waals surface area (Å²) in [5, 5.41) is 5.00. The number of nitrogens with zero attached hydrogens (tertiary/aromatic N) is 4. The number of rotatable bonds is 2. The first kappa shape index (κ1) is 15.2. The van der Waals surface area contributed by atoms with Crippen molar-refractivity contribution in [2.75, 3.05) is 6.54 Å². The summed E-state index contributed by atoms with van der Waals surface area (Å²) in [7, 11) is 1.83. The highest BCUT2D eigenvalue weighted by atomic mass is 35.5. The highest BCUT2D eigenvalue weighted by molar-refractivity contribution is 6.30. The van der Waals surface area contributed by atoms with E-state index in [1.165, 1.54) is 0 Å². The predicted octanol–water partition coefficient (Wildman–Crippen LogP) is 3.24. The smallest absolute Gasteiger partial charge is 0.254 e. The van der Waals surface area contributed by atoms with Crippen molar-refractivity contribution in [2.24, 2.45) is 7.05 Å². The first-order valence-corrected chi connectivity index (χ1v) is 8.37. The topological polar surface area (TPSA) is 66.8 Å². The van der Waals surface area contributed by atoms with Gasteiger partial charge in [0.1, 0.15) is 5.15 Å². The monoisotopic (exact) mass is 343 g/mol. The number of aromatic nitrogens is 4. The number of benzene rings is 1. The Balaban J connectivity index is 1.70. The normalized spacial score (nSPS) is 17.8. The van der Waals surface area contributed by atoms with Crippen molar-refractivity contribution in [3.63, 3.8) is 0 Å². The zero-order valence-electron chi connectivity index (χ0n) is 13.6. The van der Waals surface area contributed by atoms with Gasteiger partial charge in [0.15, 0.2) is 0 Å². The lowest BCUT2D eigenvalue weighted by Gasteiger charge is -2.25. The molecule has 1 aromatic carbocycles. The molecule has 3 heterocycles. The fourth-order valence-electron chi connectivity index (χ4n) is 3.57. The highest BCUT2D eigenvalue weighted by Gasteiger charge is 2.34. The predicted molar refractivity (Wildman–Crippen MR) is 92.1 cm³/mol. The zero-order valence-corrected chi connectivity index (χ0v) is 14.3. The number of fused-ring (bicyclic) bond motifs is 1. The van der Waals surface area contributed by atoms with Crippen LogP contribution in [-0.2, 0) is 7.05 Å². The minimum Gasteiger partial charge on any atom is -0.345 e. The average Bonchev–Trinajstić information content (AvgIpc) is 3.26. The molecule has 4 rings (SSSR count). The molecule has 24 heavy (non-hydrogen) atoms. The van der Waals surface area contributed by atoms with Crippen molar-refractivity contribution < 1.29 is 4.79 Å². The van der Waals surface area contributed by atoms with E-state index in [0.29, 0.717) is 10.7 Å². The molecule has 3 aromatic rings. The third-order valence-corrected chi connectivity index (χ3v) is 5.16. The molecular weight excluding hydrogens is 326 g/mol. The number of imidazole rings is 1. The van der Waals surface area contributed by atoms with Crippen molar-refractivity contribution in [3.05, 3.63) is 46.5 Å². The Hall–Kier alpha value is -2.34. The van der Waals surface area contributed by atoms with Crippen molar-refractivity contribution in [2.45, 2.75) is 25.8 Å². The number of halogens is 1. The summed E-state index contributed by atoms with van der Waals surface area (Å²) in [6.45, 7) is 2.67. The van der Waals surface area contributed by atoms with Gasteiger partial charge >= 0.3 is 0 Å². The second-order valence-electron chi connectivity index (χ2n) is 6.20. The third-order valence-electron chi connectivity index (χ3n) is 4.71. The molecule has 0 bridgehead atoms. The van der Waals surface area contributed by atoms with Crippen LogP contribution >= 0.6 is 11.6 Å². The van der Waals surface area contributed by atoms with Gasteiger partial charge in [-0.25, -0.2) is 4.98 Å². The van der Waals surface area contributed by atoms with Crippen LogP contribution in [0.4, 0.5) is 0 Å². The van der Waals surface area contributed by atoms with Crippen LogP contribution in [0.5, 0.6) is 0 Å². The van der Waals surface area contributed by atoms with E-state index in [2.05, 4.69) is 15.1 Å². The molecule has 1 N–H and O–H groups in total. The highest BCUT2D eigenvalue weighted by Crippen LogP contribution is 2.38. The number of carbonyl (C=O) groups excluding carboxylic acids is 1. The van der Waals surface area contributed by atoms with Crippen LogP contribution in [0.3, 0.4) is 0 Å². The molecule has 124 valence electrons. The van der Waals surface area contributed by atoms with Gasteiger partial charge in [-0.15, -0.1) is 0 Å². The lowest BCUT2D eigenvalue weighted by molar-refractivity contribution is 0.0735. The summed E-state index contributed by atoms with van der Waals surface area (Å²) in [6, 6.07) is 5.54. The van der Waals surface area contributed by atoms with Crippen LogP contribution in [-0.4, -0.2) is 37.1 Å². The fourth-order valence-corrected chi connectivity index (χ4v) is 3.87. The SMILES string of the molecule is Cc1nn(C)c(Cl)c1[C@@H]1CCCN1C(=O)c1ccc2nc[nH]c2c1. The molecule has 0 aliphatic carbocycles. The van der Waals surface area contributed by atoms with Gasteiger partial charge in [-0.3, -0.25) is 9.48 Å². The van der Waals surface area contributed by atoms with E-state index in [9.17, 15) is 4.79 Å². The Labute approximate surface area is 144 Å². The van der Waals surface area contributed by atoms with Crippen molar-refractivity contribution in [3.8, 4) is 0 Å². The lowest BCUT2D eigenvalue weighted by atomic mass is 10.0. The summed E-state index contributed by atoms with van der Waals surface area (Å²) in [4.78, 5) is 22.2. The van der Waals surface area contributed by atoms with E-state index in [1.54, 1.807) is 11.0 Å². The largest absolute Gasteiger partial charge is 0.345 e. The quantitative estimate of drug-likeness (QED) is 0.776. The minimum absolute atomic E-state index is 0.0174. The van der Waals surface area contributed by atoms with Crippen LogP contribution < -0.4 is 0 Å². The summed E-state index contributed by atoms with van der Waals surface area (Å²) in [5.74, 6) is 0.0216. The maximum absolute atomic E-state index is 13.0. The molecular formula is C17H18ClN5O. The Morgan fingerprint density at radius 2 is 2.25 bits per heavy atom. The minimum atomic E-state index is -0.0174. The number of nitrogens with one attached hydrogen (secondary N) is 1. The molecule has 0 saturated carbocycles. The summed E-state index contributed by atoms with van der Waals surface area (Å²) in [5.41, 5.74) is 4.24. The zero-order chi connectivity index (χ0) is 16.8. The standard InChI is InChI=1S/C17H18ClN5O/c1-10-15(16(18)22(2)21-10)14-4-3-7-23(14)17(24)11-5-6-12-13(8-11)20-9-19-12/h5-6,8-9,14H,3-4,7H2,1-2H3,(H,19,20)/t14-/m0/s1.